The van der Waals surface area contributed by atoms with E-state index in [1.807, 2.05) is 63.4 Å². The fraction of sp³-hybridized carbons (Fsp3) is 0.391. The number of fused-ring (bicyclic) bond motifs is 1. The Morgan fingerprint density at radius 2 is 1.90 bits per heavy atom. The lowest BCUT2D eigenvalue weighted by Crippen LogP contribution is -2.39. The van der Waals surface area contributed by atoms with Gasteiger partial charge in [0.2, 0.25) is 0 Å². The van der Waals surface area contributed by atoms with Crippen LogP contribution in [0.3, 0.4) is 0 Å². The summed E-state index contributed by atoms with van der Waals surface area (Å²) in [6, 6.07) is 13.6. The van der Waals surface area contributed by atoms with Gasteiger partial charge in [0.1, 0.15) is 11.4 Å². The number of aryl methyl sites for hydroxylation is 1. The number of hydrogen-bond acceptors (Lipinski definition) is 4. The molecule has 0 bridgehead atoms. The highest BCUT2D eigenvalue weighted by Gasteiger charge is 2.10. The van der Waals surface area contributed by atoms with Crippen LogP contribution in [-0.2, 0) is 6.54 Å². The monoisotopic (exact) mass is 537 g/mol. The van der Waals surface area contributed by atoms with Crippen molar-refractivity contribution in [3.05, 3.63) is 65.6 Å². The minimum absolute atomic E-state index is 0. The van der Waals surface area contributed by atoms with E-state index in [4.69, 9.17) is 4.74 Å². The Labute approximate surface area is 201 Å². The van der Waals surface area contributed by atoms with Crippen LogP contribution in [0.4, 0.5) is 0 Å². The zero-order chi connectivity index (χ0) is 21.5. The van der Waals surface area contributed by atoms with Crippen molar-refractivity contribution in [1.82, 2.24) is 20.0 Å². The highest BCUT2D eigenvalue weighted by atomic mass is 127. The third-order valence-electron chi connectivity index (χ3n) is 4.59. The summed E-state index contributed by atoms with van der Waals surface area (Å²) in [5.74, 6) is 1.44. The van der Waals surface area contributed by atoms with Gasteiger partial charge in [-0.05, 0) is 57.5 Å². The summed E-state index contributed by atoms with van der Waals surface area (Å²) in [5.41, 5.74) is 3.76. The molecule has 2 heterocycles. The number of aliphatic imine (C=N–C) groups is 1. The van der Waals surface area contributed by atoms with Crippen LogP contribution in [0.25, 0.3) is 5.65 Å². The standard InChI is InChI=1S/C23H31N5O2.HI/c1-5-24-23(25-13-19-15-28-17(4)7-6-8-22(28)27-19)26-14-21(29)18-9-11-20(12-10-18)30-16(2)3;/h6-12,15-16,21,29H,5,13-14H2,1-4H3,(H2,24,25,26);1H. The number of rotatable bonds is 8. The van der Waals surface area contributed by atoms with E-state index in [2.05, 4.69) is 38.0 Å². The molecule has 0 saturated heterocycles. The van der Waals surface area contributed by atoms with E-state index in [0.717, 1.165) is 34.9 Å². The van der Waals surface area contributed by atoms with Gasteiger partial charge in [-0.15, -0.1) is 24.0 Å². The molecule has 1 aromatic carbocycles. The maximum absolute atomic E-state index is 10.5. The van der Waals surface area contributed by atoms with Crippen LogP contribution in [0.2, 0.25) is 0 Å². The molecular weight excluding hydrogens is 505 g/mol. The van der Waals surface area contributed by atoms with Crippen molar-refractivity contribution in [2.75, 3.05) is 13.1 Å². The number of aliphatic hydroxyl groups excluding tert-OH is 1. The first kappa shape index (κ1) is 24.9. The summed E-state index contributed by atoms with van der Waals surface area (Å²) in [6.07, 6.45) is 1.48. The molecular formula is C23H32IN5O2. The molecule has 3 N–H and O–H groups in total. The van der Waals surface area contributed by atoms with E-state index in [9.17, 15) is 5.11 Å². The lowest BCUT2D eigenvalue weighted by Gasteiger charge is -2.16. The number of aliphatic hydroxyl groups is 1. The topological polar surface area (TPSA) is 83.2 Å². The molecule has 0 fully saturated rings. The number of pyridine rings is 1. The van der Waals surface area contributed by atoms with Gasteiger partial charge >= 0.3 is 0 Å². The summed E-state index contributed by atoms with van der Waals surface area (Å²) in [4.78, 5) is 9.22. The Kier molecular flexibility index (Phi) is 9.57. The smallest absolute Gasteiger partial charge is 0.191 e. The third-order valence-corrected chi connectivity index (χ3v) is 4.59. The van der Waals surface area contributed by atoms with Crippen LogP contribution in [0, 0.1) is 6.92 Å². The van der Waals surface area contributed by atoms with Gasteiger partial charge in [-0.25, -0.2) is 9.98 Å². The molecule has 0 aliphatic carbocycles. The number of halogens is 1. The van der Waals surface area contributed by atoms with Crippen LogP contribution in [0.15, 0.2) is 53.7 Å². The van der Waals surface area contributed by atoms with Gasteiger partial charge in [-0.3, -0.25) is 0 Å². The third kappa shape index (κ3) is 7.10. The van der Waals surface area contributed by atoms with Gasteiger partial charge in [0.25, 0.3) is 0 Å². The van der Waals surface area contributed by atoms with E-state index in [1.54, 1.807) is 0 Å². The summed E-state index contributed by atoms with van der Waals surface area (Å²) in [6.45, 7) is 9.57. The second-order valence-electron chi connectivity index (χ2n) is 7.46. The van der Waals surface area contributed by atoms with E-state index in [1.165, 1.54) is 0 Å². The van der Waals surface area contributed by atoms with Crippen LogP contribution < -0.4 is 15.4 Å². The SMILES string of the molecule is CCNC(=NCc1cn2c(C)cccc2n1)NCC(O)c1ccc(OC(C)C)cc1.I. The van der Waals surface area contributed by atoms with Crippen molar-refractivity contribution < 1.29 is 9.84 Å². The lowest BCUT2D eigenvalue weighted by atomic mass is 10.1. The molecule has 1 atom stereocenters. The van der Waals surface area contributed by atoms with Gasteiger partial charge in [0.05, 0.1) is 24.4 Å². The second-order valence-corrected chi connectivity index (χ2v) is 7.46. The zero-order valence-electron chi connectivity index (χ0n) is 18.5. The minimum Gasteiger partial charge on any atom is -0.491 e. The largest absolute Gasteiger partial charge is 0.491 e. The molecule has 0 aliphatic heterocycles. The van der Waals surface area contributed by atoms with Crippen molar-refractivity contribution in [3.8, 4) is 5.75 Å². The Hall–Kier alpha value is -2.33. The van der Waals surface area contributed by atoms with Gasteiger partial charge in [0.15, 0.2) is 5.96 Å². The first-order valence-corrected chi connectivity index (χ1v) is 10.4. The molecule has 31 heavy (non-hydrogen) atoms. The van der Waals surface area contributed by atoms with Gasteiger partial charge in [-0.1, -0.05) is 18.2 Å². The molecule has 2 aromatic heterocycles. The number of aromatic nitrogens is 2. The molecule has 0 spiro atoms. The normalized spacial score (nSPS) is 12.5. The molecule has 0 amide bonds. The number of guanidine groups is 1. The van der Waals surface area contributed by atoms with Crippen molar-refractivity contribution in [2.24, 2.45) is 4.99 Å². The molecule has 168 valence electrons. The van der Waals surface area contributed by atoms with Crippen LogP contribution in [0.1, 0.15) is 43.8 Å². The highest BCUT2D eigenvalue weighted by Crippen LogP contribution is 2.18. The molecule has 7 nitrogen and oxygen atoms in total. The molecule has 8 heteroatoms. The number of nitrogens with zero attached hydrogens (tertiary/aromatic N) is 3. The van der Waals surface area contributed by atoms with E-state index < -0.39 is 6.10 Å². The van der Waals surface area contributed by atoms with Crippen molar-refractivity contribution >= 4 is 35.6 Å². The average Bonchev–Trinajstić information content (AvgIpc) is 3.14. The molecule has 0 radical (unpaired) electrons. The number of nitrogens with one attached hydrogen (secondary N) is 2. The summed E-state index contributed by atoms with van der Waals surface area (Å²) < 4.78 is 7.71. The molecule has 3 rings (SSSR count). The molecule has 0 aliphatic rings. The lowest BCUT2D eigenvalue weighted by molar-refractivity contribution is 0.180. The van der Waals surface area contributed by atoms with Crippen LogP contribution >= 0.6 is 24.0 Å². The van der Waals surface area contributed by atoms with Crippen LogP contribution in [-0.4, -0.2) is 39.6 Å². The highest BCUT2D eigenvalue weighted by molar-refractivity contribution is 14.0. The average molecular weight is 537 g/mol. The maximum atomic E-state index is 10.5. The fourth-order valence-electron chi connectivity index (χ4n) is 3.13. The number of hydrogen-bond donors (Lipinski definition) is 3. The van der Waals surface area contributed by atoms with E-state index in [0.29, 0.717) is 19.0 Å². The van der Waals surface area contributed by atoms with Crippen LogP contribution in [0.5, 0.6) is 5.75 Å². The zero-order valence-corrected chi connectivity index (χ0v) is 20.8. The summed E-state index contributed by atoms with van der Waals surface area (Å²) in [5, 5.41) is 16.9. The number of imidazole rings is 1. The van der Waals surface area contributed by atoms with Crippen molar-refractivity contribution in [1.29, 1.82) is 0 Å². The van der Waals surface area contributed by atoms with E-state index in [-0.39, 0.29) is 30.1 Å². The van der Waals surface area contributed by atoms with E-state index >= 15 is 0 Å². The summed E-state index contributed by atoms with van der Waals surface area (Å²) in [7, 11) is 0. The first-order valence-electron chi connectivity index (χ1n) is 10.4. The van der Waals surface area contributed by atoms with Gasteiger partial charge < -0.3 is 24.9 Å². The van der Waals surface area contributed by atoms with Crippen molar-refractivity contribution in [3.63, 3.8) is 0 Å². The first-order chi connectivity index (χ1) is 14.5. The van der Waals surface area contributed by atoms with Gasteiger partial charge in [-0.2, -0.15) is 0 Å². The quantitative estimate of drug-likeness (QED) is 0.231. The molecule has 3 aromatic rings. The Morgan fingerprint density at radius 1 is 1.16 bits per heavy atom. The Morgan fingerprint density at radius 3 is 2.55 bits per heavy atom. The number of benzene rings is 1. The molecule has 0 saturated carbocycles. The summed E-state index contributed by atoms with van der Waals surface area (Å²) >= 11 is 0. The molecule has 1 unspecified atom stereocenters. The predicted octanol–water partition coefficient (Wildman–Crippen LogP) is 3.84. The van der Waals surface area contributed by atoms with Gasteiger partial charge in [0, 0.05) is 25.0 Å². The fourth-order valence-corrected chi connectivity index (χ4v) is 3.13. The van der Waals surface area contributed by atoms with Crippen molar-refractivity contribution in [2.45, 2.75) is 46.4 Å². The Bertz CT molecular complexity index is 985. The Balaban J connectivity index is 0.00000341. The second kappa shape index (κ2) is 11.9. The predicted molar refractivity (Wildman–Crippen MR) is 135 cm³/mol. The maximum Gasteiger partial charge on any atom is 0.191 e. The number of ether oxygens (including phenoxy) is 1. The minimum atomic E-state index is -0.653.